The number of aromatic nitrogens is 1. The first-order valence-corrected chi connectivity index (χ1v) is 9.33. The number of benzene rings is 3. The predicted molar refractivity (Wildman–Crippen MR) is 109 cm³/mol. The average Bonchev–Trinajstić information content (AvgIpc) is 3.15. The highest BCUT2D eigenvalue weighted by molar-refractivity contribution is 7.07. The minimum Gasteiger partial charge on any atom is -0.284 e. The summed E-state index contributed by atoms with van der Waals surface area (Å²) in [7, 11) is 0. The summed E-state index contributed by atoms with van der Waals surface area (Å²) in [6.07, 6.45) is 1.62. The lowest BCUT2D eigenvalue weighted by Gasteiger charge is -2.08. The summed E-state index contributed by atoms with van der Waals surface area (Å²) in [5.41, 5.74) is 3.99. The van der Waals surface area contributed by atoms with Crippen LogP contribution in [0, 0.1) is 5.82 Å². The fraction of sp³-hybridized carbons (Fsp3) is 0. The second-order valence-corrected chi connectivity index (χ2v) is 6.67. The second-order valence-electron chi connectivity index (χ2n) is 5.84. The van der Waals surface area contributed by atoms with E-state index in [-0.39, 0.29) is 5.82 Å². The summed E-state index contributed by atoms with van der Waals surface area (Å²) in [6.45, 7) is 0. The number of rotatable bonds is 4. The molecule has 0 N–H and O–H groups in total. The molecular formula is C22H16FN3S. The largest absolute Gasteiger partial charge is 0.284 e. The van der Waals surface area contributed by atoms with E-state index in [2.05, 4.69) is 32.3 Å². The van der Waals surface area contributed by atoms with Crippen LogP contribution in [0.4, 0.5) is 4.39 Å². The van der Waals surface area contributed by atoms with Crippen LogP contribution in [0.1, 0.15) is 5.56 Å². The molecule has 0 fully saturated rings. The summed E-state index contributed by atoms with van der Waals surface area (Å²) in [6, 6.07) is 26.4. The average molecular weight is 373 g/mol. The quantitative estimate of drug-likeness (QED) is 0.344. The molecule has 0 unspecified atom stereocenters. The van der Waals surface area contributed by atoms with E-state index in [9.17, 15) is 4.39 Å². The number of halogens is 1. The molecule has 0 saturated heterocycles. The highest BCUT2D eigenvalue weighted by atomic mass is 32.1. The van der Waals surface area contributed by atoms with Crippen molar-refractivity contribution in [3.05, 3.63) is 106 Å². The van der Waals surface area contributed by atoms with Crippen LogP contribution < -0.4 is 4.80 Å². The summed E-state index contributed by atoms with van der Waals surface area (Å²) in [5, 5.41) is 10.7. The lowest BCUT2D eigenvalue weighted by atomic mass is 10.1. The van der Waals surface area contributed by atoms with Crippen molar-refractivity contribution in [3.63, 3.8) is 0 Å². The molecule has 0 saturated carbocycles. The Labute approximate surface area is 160 Å². The number of para-hydroxylation sites is 1. The molecule has 0 atom stereocenters. The first-order valence-electron chi connectivity index (χ1n) is 8.45. The first kappa shape index (κ1) is 17.1. The zero-order valence-corrected chi connectivity index (χ0v) is 15.2. The van der Waals surface area contributed by atoms with Gasteiger partial charge in [-0.15, -0.1) is 16.4 Å². The van der Waals surface area contributed by atoms with E-state index in [1.165, 1.54) is 23.5 Å². The van der Waals surface area contributed by atoms with Gasteiger partial charge >= 0.3 is 0 Å². The van der Waals surface area contributed by atoms with Crippen molar-refractivity contribution >= 4 is 17.6 Å². The molecule has 0 radical (unpaired) electrons. The molecule has 5 heteroatoms. The maximum atomic E-state index is 13.0. The maximum absolute atomic E-state index is 13.0. The minimum atomic E-state index is -0.267. The number of hydrogen-bond acceptors (Lipinski definition) is 3. The fourth-order valence-electron chi connectivity index (χ4n) is 2.71. The van der Waals surface area contributed by atoms with Crippen molar-refractivity contribution in [2.45, 2.75) is 0 Å². The zero-order chi connectivity index (χ0) is 18.5. The monoisotopic (exact) mass is 373 g/mol. The summed E-state index contributed by atoms with van der Waals surface area (Å²) in [4.78, 5) is 0.762. The van der Waals surface area contributed by atoms with Gasteiger partial charge in [0.15, 0.2) is 0 Å². The van der Waals surface area contributed by atoms with Crippen molar-refractivity contribution in [1.82, 2.24) is 4.57 Å². The van der Waals surface area contributed by atoms with Gasteiger partial charge in [-0.2, -0.15) is 5.10 Å². The summed E-state index contributed by atoms with van der Waals surface area (Å²) >= 11 is 1.53. The predicted octanol–water partition coefficient (Wildman–Crippen LogP) is 5.28. The van der Waals surface area contributed by atoms with Gasteiger partial charge in [-0.1, -0.05) is 60.7 Å². The smallest absolute Gasteiger partial charge is 0.215 e. The molecule has 1 aromatic heterocycles. The van der Waals surface area contributed by atoms with E-state index in [1.807, 2.05) is 48.5 Å². The molecule has 3 nitrogen and oxygen atoms in total. The van der Waals surface area contributed by atoms with Crippen LogP contribution in [0.25, 0.3) is 16.9 Å². The maximum Gasteiger partial charge on any atom is 0.215 e. The number of nitrogens with zero attached hydrogens (tertiary/aromatic N) is 3. The molecule has 0 aliphatic rings. The SMILES string of the molecule is Fc1ccc(C=NN=c2scc(-c3ccccc3)n2-c2ccccc2)cc1. The normalized spacial score (nSPS) is 12.0. The first-order chi connectivity index (χ1) is 13.3. The van der Waals surface area contributed by atoms with E-state index in [4.69, 9.17) is 0 Å². The van der Waals surface area contributed by atoms with Crippen molar-refractivity contribution in [3.8, 4) is 16.9 Å². The number of hydrogen-bond donors (Lipinski definition) is 0. The second kappa shape index (κ2) is 7.93. The highest BCUT2D eigenvalue weighted by Crippen LogP contribution is 2.23. The summed E-state index contributed by atoms with van der Waals surface area (Å²) in [5.74, 6) is -0.267. The van der Waals surface area contributed by atoms with Crippen LogP contribution in [0.15, 0.2) is 101 Å². The van der Waals surface area contributed by atoms with Crippen LogP contribution in [-0.2, 0) is 0 Å². The van der Waals surface area contributed by atoms with Crippen LogP contribution >= 0.6 is 11.3 Å². The van der Waals surface area contributed by atoms with Gasteiger partial charge in [-0.25, -0.2) is 4.39 Å². The van der Waals surface area contributed by atoms with E-state index in [0.717, 1.165) is 27.3 Å². The molecule has 1 heterocycles. The Balaban J connectivity index is 1.79. The lowest BCUT2D eigenvalue weighted by Crippen LogP contribution is -2.13. The highest BCUT2D eigenvalue weighted by Gasteiger charge is 2.09. The Morgan fingerprint density at radius 2 is 1.48 bits per heavy atom. The van der Waals surface area contributed by atoms with Crippen molar-refractivity contribution in [2.24, 2.45) is 10.2 Å². The summed E-state index contributed by atoms with van der Waals surface area (Å²) < 4.78 is 15.1. The topological polar surface area (TPSA) is 29.6 Å². The van der Waals surface area contributed by atoms with Gasteiger partial charge in [0.1, 0.15) is 5.82 Å². The molecule has 0 aliphatic heterocycles. The van der Waals surface area contributed by atoms with Crippen LogP contribution in [0.5, 0.6) is 0 Å². The Morgan fingerprint density at radius 3 is 2.19 bits per heavy atom. The van der Waals surface area contributed by atoms with Crippen LogP contribution in [-0.4, -0.2) is 10.8 Å². The standard InChI is InChI=1S/C22H16FN3S/c23-19-13-11-17(12-14-19)15-24-25-22-26(20-9-5-2-6-10-20)21(16-27-22)18-7-3-1-4-8-18/h1-16H. The third kappa shape index (κ3) is 3.93. The van der Waals surface area contributed by atoms with E-state index in [1.54, 1.807) is 18.3 Å². The molecule has 3 aromatic carbocycles. The molecule has 4 rings (SSSR count). The molecule has 0 spiro atoms. The third-order valence-corrected chi connectivity index (χ3v) is 4.83. The molecule has 132 valence electrons. The van der Waals surface area contributed by atoms with Gasteiger partial charge in [0, 0.05) is 11.1 Å². The lowest BCUT2D eigenvalue weighted by molar-refractivity contribution is 0.628. The van der Waals surface area contributed by atoms with Gasteiger partial charge < -0.3 is 0 Å². The molecule has 0 bridgehead atoms. The van der Waals surface area contributed by atoms with E-state index in [0.29, 0.717) is 0 Å². The minimum absolute atomic E-state index is 0.267. The van der Waals surface area contributed by atoms with Crippen molar-refractivity contribution in [1.29, 1.82) is 0 Å². The van der Waals surface area contributed by atoms with Gasteiger partial charge in [0.05, 0.1) is 11.9 Å². The van der Waals surface area contributed by atoms with Gasteiger partial charge in [-0.3, -0.25) is 4.57 Å². The van der Waals surface area contributed by atoms with Crippen molar-refractivity contribution in [2.75, 3.05) is 0 Å². The molecule has 27 heavy (non-hydrogen) atoms. The van der Waals surface area contributed by atoms with Crippen molar-refractivity contribution < 1.29 is 4.39 Å². The Bertz CT molecular complexity index is 1110. The van der Waals surface area contributed by atoms with E-state index >= 15 is 0 Å². The Kier molecular flexibility index (Phi) is 5.03. The van der Waals surface area contributed by atoms with Gasteiger partial charge in [0.25, 0.3) is 0 Å². The third-order valence-electron chi connectivity index (χ3n) is 4.01. The Morgan fingerprint density at radius 1 is 0.815 bits per heavy atom. The van der Waals surface area contributed by atoms with Gasteiger partial charge in [-0.05, 0) is 35.4 Å². The fourth-order valence-corrected chi connectivity index (χ4v) is 3.57. The van der Waals surface area contributed by atoms with Crippen LogP contribution in [0.3, 0.4) is 0 Å². The Hall–Kier alpha value is -3.31. The molecule has 0 aliphatic carbocycles. The zero-order valence-electron chi connectivity index (χ0n) is 14.4. The molecule has 0 amide bonds. The van der Waals surface area contributed by atoms with E-state index < -0.39 is 0 Å². The van der Waals surface area contributed by atoms with Crippen LogP contribution in [0.2, 0.25) is 0 Å². The molecule has 4 aromatic rings. The number of thiazole rings is 1. The van der Waals surface area contributed by atoms with Gasteiger partial charge in [0.2, 0.25) is 4.80 Å². The molecular weight excluding hydrogens is 357 g/mol.